The van der Waals surface area contributed by atoms with Gasteiger partial charge in [0.15, 0.2) is 0 Å². The van der Waals surface area contributed by atoms with E-state index in [0.717, 1.165) is 5.56 Å². The number of anilines is 1. The standard InChI is InChI=1S/C11H6ClN3OS.C6H7NO2S.CH4/c12-8-5-6(1-3-13-8)10-14-7-2-4-17-9(7)11(16)15-10;1-9-6(8)5-4(7)2-3-10-5;/h1-5H,(H,14,15,16);2-3H,7H2,1H3;1H4. The van der Waals surface area contributed by atoms with Crippen molar-refractivity contribution in [2.24, 2.45) is 0 Å². The van der Waals surface area contributed by atoms with Crippen LogP contribution in [0.5, 0.6) is 0 Å². The van der Waals surface area contributed by atoms with Crippen LogP contribution in [0.1, 0.15) is 17.1 Å². The van der Waals surface area contributed by atoms with Crippen molar-refractivity contribution in [2.75, 3.05) is 12.8 Å². The zero-order valence-corrected chi connectivity index (χ0v) is 16.3. The molecule has 0 atom stereocenters. The average Bonchev–Trinajstić information content (AvgIpc) is 3.30. The number of pyridine rings is 1. The molecule has 4 aromatic rings. The summed E-state index contributed by atoms with van der Waals surface area (Å²) >= 11 is 8.46. The Labute approximate surface area is 173 Å². The van der Waals surface area contributed by atoms with Crippen molar-refractivity contribution in [1.82, 2.24) is 15.0 Å². The number of nitrogens with one attached hydrogen (secondary N) is 1. The van der Waals surface area contributed by atoms with E-state index in [2.05, 4.69) is 19.7 Å². The number of carbonyl (C=O) groups excluding carboxylic acids is 1. The Bertz CT molecular complexity index is 1150. The molecule has 0 aromatic carbocycles. The monoisotopic (exact) mass is 436 g/mol. The highest BCUT2D eigenvalue weighted by Crippen LogP contribution is 2.20. The van der Waals surface area contributed by atoms with E-state index in [9.17, 15) is 9.59 Å². The molecule has 0 saturated carbocycles. The lowest BCUT2D eigenvalue weighted by molar-refractivity contribution is 0.0607. The van der Waals surface area contributed by atoms with Crippen molar-refractivity contribution >= 4 is 56.1 Å². The number of H-pyrrole nitrogens is 1. The first-order chi connectivity index (χ1) is 13.0. The normalized spacial score (nSPS) is 9.93. The lowest BCUT2D eigenvalue weighted by atomic mass is 10.2. The molecule has 146 valence electrons. The second kappa shape index (κ2) is 9.45. The molecule has 4 heterocycles. The van der Waals surface area contributed by atoms with Crippen LogP contribution in [0.25, 0.3) is 21.6 Å². The smallest absolute Gasteiger partial charge is 0.350 e. The topological polar surface area (TPSA) is 111 Å². The zero-order chi connectivity index (χ0) is 19.4. The molecule has 0 amide bonds. The van der Waals surface area contributed by atoms with Crippen LogP contribution in [-0.2, 0) is 4.74 Å². The highest BCUT2D eigenvalue weighted by Gasteiger charge is 2.09. The fourth-order valence-electron chi connectivity index (χ4n) is 2.14. The van der Waals surface area contributed by atoms with Crippen LogP contribution in [0.2, 0.25) is 5.15 Å². The van der Waals surface area contributed by atoms with Crippen LogP contribution in [0.4, 0.5) is 5.69 Å². The number of ether oxygens (including phenoxy) is 1. The molecule has 0 radical (unpaired) electrons. The van der Waals surface area contributed by atoms with Crippen molar-refractivity contribution in [2.45, 2.75) is 7.43 Å². The molecule has 0 spiro atoms. The average molecular weight is 437 g/mol. The summed E-state index contributed by atoms with van der Waals surface area (Å²) in [7, 11) is 1.33. The molecule has 7 nitrogen and oxygen atoms in total. The van der Waals surface area contributed by atoms with Gasteiger partial charge in [-0.1, -0.05) is 19.0 Å². The number of aromatic amines is 1. The number of thiophene rings is 2. The molecule has 4 rings (SSSR count). The van der Waals surface area contributed by atoms with Gasteiger partial charge in [0.2, 0.25) is 0 Å². The van der Waals surface area contributed by atoms with Crippen LogP contribution < -0.4 is 11.3 Å². The summed E-state index contributed by atoms with van der Waals surface area (Å²) in [5.74, 6) is 0.137. The summed E-state index contributed by atoms with van der Waals surface area (Å²) in [6.45, 7) is 0. The zero-order valence-electron chi connectivity index (χ0n) is 13.9. The van der Waals surface area contributed by atoms with Gasteiger partial charge in [-0.25, -0.2) is 14.8 Å². The summed E-state index contributed by atoms with van der Waals surface area (Å²) in [5, 5.41) is 3.97. The second-order valence-corrected chi connectivity index (χ2v) is 7.33. The van der Waals surface area contributed by atoms with Gasteiger partial charge in [0.05, 0.1) is 18.3 Å². The Balaban J connectivity index is 0.000000221. The number of rotatable bonds is 2. The van der Waals surface area contributed by atoms with Crippen LogP contribution in [0.3, 0.4) is 0 Å². The van der Waals surface area contributed by atoms with Gasteiger partial charge in [-0.2, -0.15) is 0 Å². The third-order valence-corrected chi connectivity index (χ3v) is 5.40. The van der Waals surface area contributed by atoms with Crippen LogP contribution in [-0.4, -0.2) is 28.0 Å². The van der Waals surface area contributed by atoms with Crippen LogP contribution in [0, 0.1) is 0 Å². The van der Waals surface area contributed by atoms with Gasteiger partial charge in [0.1, 0.15) is 20.6 Å². The molecule has 4 aromatic heterocycles. The highest BCUT2D eigenvalue weighted by atomic mass is 35.5. The Hall–Kier alpha value is -2.75. The Morgan fingerprint density at radius 3 is 2.64 bits per heavy atom. The minimum Gasteiger partial charge on any atom is -0.465 e. The van der Waals surface area contributed by atoms with E-state index in [1.54, 1.807) is 29.8 Å². The number of methoxy groups -OCH3 is 1. The maximum absolute atomic E-state index is 11.8. The SMILES string of the molecule is C.COC(=O)c1sccc1N.O=c1[nH]c(-c2ccnc(Cl)c2)nc2ccsc12. The third kappa shape index (κ3) is 4.75. The van der Waals surface area contributed by atoms with E-state index in [1.165, 1.54) is 29.8 Å². The molecule has 10 heteroatoms. The first kappa shape index (κ1) is 21.5. The molecular weight excluding hydrogens is 420 g/mol. The number of nitrogens with two attached hydrogens (primary N) is 1. The molecule has 0 bridgehead atoms. The molecule has 0 unspecified atom stereocenters. The molecular formula is C18H17ClN4O3S2. The number of esters is 1. The number of fused-ring (bicyclic) bond motifs is 1. The van der Waals surface area contributed by atoms with E-state index in [-0.39, 0.29) is 19.0 Å². The summed E-state index contributed by atoms with van der Waals surface area (Å²) < 4.78 is 5.10. The van der Waals surface area contributed by atoms with E-state index >= 15 is 0 Å². The maximum atomic E-state index is 11.8. The van der Waals surface area contributed by atoms with E-state index < -0.39 is 0 Å². The fourth-order valence-corrected chi connectivity index (χ4v) is 3.77. The van der Waals surface area contributed by atoms with E-state index in [0.29, 0.717) is 31.8 Å². The Morgan fingerprint density at radius 2 is 2.00 bits per heavy atom. The molecule has 0 fully saturated rings. The number of aromatic nitrogens is 3. The summed E-state index contributed by atoms with van der Waals surface area (Å²) in [4.78, 5) is 34.1. The van der Waals surface area contributed by atoms with Gasteiger partial charge in [0, 0.05) is 11.8 Å². The number of nitrogen functional groups attached to an aromatic ring is 1. The third-order valence-electron chi connectivity index (χ3n) is 3.38. The Kier molecular flexibility index (Phi) is 7.27. The minimum absolute atomic E-state index is 0. The van der Waals surface area contributed by atoms with E-state index in [4.69, 9.17) is 17.3 Å². The predicted molar refractivity (Wildman–Crippen MR) is 115 cm³/mol. The predicted octanol–water partition coefficient (Wildman–Crippen LogP) is 4.45. The van der Waals surface area contributed by atoms with Gasteiger partial charge in [0.25, 0.3) is 5.56 Å². The number of nitrogens with zero attached hydrogens (tertiary/aromatic N) is 2. The van der Waals surface area contributed by atoms with Crippen molar-refractivity contribution < 1.29 is 9.53 Å². The second-order valence-electron chi connectivity index (χ2n) is 5.11. The van der Waals surface area contributed by atoms with Crippen molar-refractivity contribution in [3.63, 3.8) is 0 Å². The number of hydrogen-bond acceptors (Lipinski definition) is 8. The van der Waals surface area contributed by atoms with Gasteiger partial charge in [-0.05, 0) is 35.0 Å². The number of hydrogen-bond donors (Lipinski definition) is 2. The molecule has 28 heavy (non-hydrogen) atoms. The maximum Gasteiger partial charge on any atom is 0.350 e. The fraction of sp³-hybridized carbons (Fsp3) is 0.111. The lowest BCUT2D eigenvalue weighted by Crippen LogP contribution is -2.07. The van der Waals surface area contributed by atoms with Crippen LogP contribution >= 0.6 is 34.3 Å². The van der Waals surface area contributed by atoms with Crippen molar-refractivity contribution in [3.05, 3.63) is 61.6 Å². The van der Waals surface area contributed by atoms with Gasteiger partial charge in [-0.15, -0.1) is 22.7 Å². The van der Waals surface area contributed by atoms with Crippen molar-refractivity contribution in [1.29, 1.82) is 0 Å². The summed E-state index contributed by atoms with van der Waals surface area (Å²) in [6.07, 6.45) is 1.58. The largest absolute Gasteiger partial charge is 0.465 e. The van der Waals surface area contributed by atoms with Gasteiger partial charge < -0.3 is 15.5 Å². The molecule has 0 aliphatic carbocycles. The lowest BCUT2D eigenvalue weighted by Gasteiger charge is -2.00. The molecule has 0 aliphatic heterocycles. The van der Waals surface area contributed by atoms with Gasteiger partial charge in [-0.3, -0.25) is 4.79 Å². The molecule has 0 aliphatic rings. The number of halogens is 1. The quantitative estimate of drug-likeness (QED) is 0.354. The highest BCUT2D eigenvalue weighted by molar-refractivity contribution is 7.17. The van der Waals surface area contributed by atoms with Crippen LogP contribution in [0.15, 0.2) is 46.0 Å². The van der Waals surface area contributed by atoms with Gasteiger partial charge >= 0.3 is 5.97 Å². The first-order valence-corrected chi connectivity index (χ1v) is 9.64. The van der Waals surface area contributed by atoms with Crippen molar-refractivity contribution in [3.8, 4) is 11.4 Å². The summed E-state index contributed by atoms with van der Waals surface area (Å²) in [6, 6.07) is 6.92. The molecule has 3 N–H and O–H groups in total. The van der Waals surface area contributed by atoms with E-state index in [1.807, 2.05) is 11.4 Å². The number of carbonyl (C=O) groups is 1. The molecule has 0 saturated heterocycles. The summed E-state index contributed by atoms with van der Waals surface area (Å²) in [5.41, 5.74) is 7.22. The minimum atomic E-state index is -0.368. The Morgan fingerprint density at radius 1 is 1.25 bits per heavy atom. The first-order valence-electron chi connectivity index (χ1n) is 7.50.